The Bertz CT molecular complexity index is 878. The largest absolute Gasteiger partial charge is 0.415 e. The summed E-state index contributed by atoms with van der Waals surface area (Å²) in [7, 11) is 0. The van der Waals surface area contributed by atoms with Crippen LogP contribution in [0.25, 0.3) is 0 Å². The van der Waals surface area contributed by atoms with Crippen LogP contribution < -0.4 is 10.1 Å². The molecule has 1 unspecified atom stereocenters. The van der Waals surface area contributed by atoms with E-state index in [1.165, 1.54) is 6.42 Å². The first-order valence-electron chi connectivity index (χ1n) is 11.4. The molecule has 1 aliphatic heterocycles. The fourth-order valence-electron chi connectivity index (χ4n) is 4.40. The highest BCUT2D eigenvalue weighted by atomic mass is 32.2. The number of amides is 2. The van der Waals surface area contributed by atoms with Gasteiger partial charge in [-0.25, -0.2) is 9.89 Å². The number of tetrazole rings is 1. The number of likely N-dealkylation sites (tertiary alicyclic amines) is 1. The second-order valence-corrected chi connectivity index (χ2v) is 9.94. The number of piperidine rings is 1. The van der Waals surface area contributed by atoms with Gasteiger partial charge in [-0.15, -0.1) is 5.10 Å². The first-order chi connectivity index (χ1) is 15.6. The standard InChI is InChI=1S/C22H30N6O3S/c1-15(32-21-24-26-27-25-21)16-11-13-28(14-12-16)22(30)31-19-9-7-18(8-10-19)23-20(29)17-5-3-2-4-6-17/h7-10,15-17H,2-6,11-14H2,1H3,(H,23,29)(H,24,25,26,27). The maximum absolute atomic E-state index is 12.6. The summed E-state index contributed by atoms with van der Waals surface area (Å²) in [6.45, 7) is 3.50. The van der Waals surface area contributed by atoms with E-state index in [0.717, 1.165) is 49.4 Å². The maximum atomic E-state index is 12.6. The minimum atomic E-state index is -0.331. The quantitative estimate of drug-likeness (QED) is 0.626. The lowest BCUT2D eigenvalue weighted by Gasteiger charge is -2.33. The number of hydrogen-bond acceptors (Lipinski definition) is 7. The molecule has 2 aromatic rings. The van der Waals surface area contributed by atoms with Crippen molar-refractivity contribution in [1.82, 2.24) is 25.5 Å². The molecule has 1 aromatic carbocycles. The normalized spacial score (nSPS) is 18.8. The third-order valence-corrected chi connectivity index (χ3v) is 7.54. The zero-order valence-electron chi connectivity index (χ0n) is 18.3. The molecule has 1 aromatic heterocycles. The van der Waals surface area contributed by atoms with Crippen molar-refractivity contribution in [2.75, 3.05) is 18.4 Å². The molecule has 2 aliphatic rings. The smallest absolute Gasteiger partial charge is 0.410 e. The molecule has 9 nitrogen and oxygen atoms in total. The monoisotopic (exact) mass is 458 g/mol. The Balaban J connectivity index is 1.21. The molecule has 2 amide bonds. The summed E-state index contributed by atoms with van der Waals surface area (Å²) in [5, 5.41) is 18.0. The minimum Gasteiger partial charge on any atom is -0.410 e. The Kier molecular flexibility index (Phi) is 7.62. The molecule has 10 heteroatoms. The Morgan fingerprint density at radius 3 is 2.50 bits per heavy atom. The van der Waals surface area contributed by atoms with E-state index < -0.39 is 0 Å². The number of nitrogens with one attached hydrogen (secondary N) is 2. The summed E-state index contributed by atoms with van der Waals surface area (Å²) < 4.78 is 5.55. The number of aromatic nitrogens is 4. The Morgan fingerprint density at radius 2 is 1.84 bits per heavy atom. The van der Waals surface area contributed by atoms with E-state index in [0.29, 0.717) is 30.0 Å². The molecule has 1 aliphatic carbocycles. The van der Waals surface area contributed by atoms with Crippen molar-refractivity contribution in [2.24, 2.45) is 11.8 Å². The molecule has 1 saturated heterocycles. The lowest BCUT2D eigenvalue weighted by atomic mass is 9.88. The fraction of sp³-hybridized carbons (Fsp3) is 0.591. The molecule has 2 fully saturated rings. The number of carbonyl (C=O) groups excluding carboxylic acids is 2. The van der Waals surface area contributed by atoms with E-state index in [2.05, 4.69) is 32.9 Å². The summed E-state index contributed by atoms with van der Waals surface area (Å²) in [6, 6.07) is 7.02. The molecule has 0 spiro atoms. The molecule has 0 bridgehead atoms. The lowest BCUT2D eigenvalue weighted by Crippen LogP contribution is -2.41. The van der Waals surface area contributed by atoms with Crippen LogP contribution in [0.5, 0.6) is 5.75 Å². The Hall–Kier alpha value is -2.62. The number of H-pyrrole nitrogens is 1. The number of anilines is 1. The van der Waals surface area contributed by atoms with Crippen molar-refractivity contribution < 1.29 is 14.3 Å². The average molecular weight is 459 g/mol. The van der Waals surface area contributed by atoms with Gasteiger partial charge in [0.1, 0.15) is 5.75 Å². The molecular weight excluding hydrogens is 428 g/mol. The molecular formula is C22H30N6O3S. The first kappa shape index (κ1) is 22.6. The predicted octanol–water partition coefficient (Wildman–Crippen LogP) is 4.11. The van der Waals surface area contributed by atoms with Crippen LogP contribution in [0.1, 0.15) is 51.9 Å². The third kappa shape index (κ3) is 5.99. The highest BCUT2D eigenvalue weighted by molar-refractivity contribution is 7.99. The average Bonchev–Trinajstić information content (AvgIpc) is 3.34. The summed E-state index contributed by atoms with van der Waals surface area (Å²) in [5.41, 5.74) is 0.731. The van der Waals surface area contributed by atoms with E-state index in [1.807, 2.05) is 0 Å². The van der Waals surface area contributed by atoms with Crippen molar-refractivity contribution in [1.29, 1.82) is 0 Å². The Morgan fingerprint density at radius 1 is 1.12 bits per heavy atom. The number of benzene rings is 1. The van der Waals surface area contributed by atoms with Crippen molar-refractivity contribution in [3.8, 4) is 5.75 Å². The molecule has 172 valence electrons. The second kappa shape index (κ2) is 10.8. The topological polar surface area (TPSA) is 113 Å². The van der Waals surface area contributed by atoms with Crippen LogP contribution in [0.4, 0.5) is 10.5 Å². The number of thioether (sulfide) groups is 1. The van der Waals surface area contributed by atoms with Gasteiger partial charge in [0, 0.05) is 29.9 Å². The van der Waals surface area contributed by atoms with Crippen LogP contribution in [0.15, 0.2) is 29.4 Å². The summed E-state index contributed by atoms with van der Waals surface area (Å²) in [5.74, 6) is 1.16. The Labute approximate surface area is 192 Å². The van der Waals surface area contributed by atoms with E-state index in [-0.39, 0.29) is 17.9 Å². The number of hydrogen-bond donors (Lipinski definition) is 2. The van der Waals surface area contributed by atoms with Crippen LogP contribution in [0.3, 0.4) is 0 Å². The van der Waals surface area contributed by atoms with Gasteiger partial charge in [0.25, 0.3) is 0 Å². The number of rotatable bonds is 6. The van der Waals surface area contributed by atoms with Crippen molar-refractivity contribution >= 4 is 29.4 Å². The highest BCUT2D eigenvalue weighted by Crippen LogP contribution is 2.31. The van der Waals surface area contributed by atoms with Gasteiger partial charge in [0.15, 0.2) is 0 Å². The molecule has 1 saturated carbocycles. The SMILES string of the molecule is CC(Sc1nnn[nH]1)C1CCN(C(=O)Oc2ccc(NC(=O)C3CCCCC3)cc2)CC1. The van der Waals surface area contributed by atoms with E-state index in [1.54, 1.807) is 40.9 Å². The van der Waals surface area contributed by atoms with Crippen LogP contribution in [-0.4, -0.2) is 55.9 Å². The van der Waals surface area contributed by atoms with Crippen LogP contribution in [0.2, 0.25) is 0 Å². The van der Waals surface area contributed by atoms with Gasteiger partial charge in [-0.05, 0) is 66.3 Å². The van der Waals surface area contributed by atoms with Gasteiger partial charge in [0.05, 0.1) is 0 Å². The number of aromatic amines is 1. The van der Waals surface area contributed by atoms with Gasteiger partial charge in [0.2, 0.25) is 11.1 Å². The maximum Gasteiger partial charge on any atom is 0.415 e. The highest BCUT2D eigenvalue weighted by Gasteiger charge is 2.28. The second-order valence-electron chi connectivity index (χ2n) is 8.57. The minimum absolute atomic E-state index is 0.0873. The van der Waals surface area contributed by atoms with Crippen LogP contribution >= 0.6 is 11.8 Å². The van der Waals surface area contributed by atoms with E-state index in [4.69, 9.17) is 4.74 Å². The van der Waals surface area contributed by atoms with Gasteiger partial charge < -0.3 is 15.0 Å². The zero-order chi connectivity index (χ0) is 22.3. The summed E-state index contributed by atoms with van der Waals surface area (Å²) in [6.07, 6.45) is 6.90. The van der Waals surface area contributed by atoms with Crippen molar-refractivity contribution in [3.63, 3.8) is 0 Å². The lowest BCUT2D eigenvalue weighted by molar-refractivity contribution is -0.120. The fourth-order valence-corrected chi connectivity index (χ4v) is 5.40. The van der Waals surface area contributed by atoms with Gasteiger partial charge in [-0.1, -0.05) is 37.9 Å². The van der Waals surface area contributed by atoms with Gasteiger partial charge in [-0.2, -0.15) is 0 Å². The summed E-state index contributed by atoms with van der Waals surface area (Å²) in [4.78, 5) is 26.7. The van der Waals surface area contributed by atoms with E-state index >= 15 is 0 Å². The predicted molar refractivity (Wildman–Crippen MR) is 121 cm³/mol. The van der Waals surface area contributed by atoms with Crippen molar-refractivity contribution in [2.45, 2.75) is 62.3 Å². The molecule has 32 heavy (non-hydrogen) atoms. The number of ether oxygens (including phenoxy) is 1. The van der Waals surface area contributed by atoms with Gasteiger partial charge >= 0.3 is 6.09 Å². The molecule has 0 radical (unpaired) electrons. The molecule has 1 atom stereocenters. The molecule has 4 rings (SSSR count). The van der Waals surface area contributed by atoms with Crippen LogP contribution in [0, 0.1) is 11.8 Å². The first-order valence-corrected chi connectivity index (χ1v) is 12.2. The number of carbonyl (C=O) groups is 2. The number of nitrogens with zero attached hydrogens (tertiary/aromatic N) is 4. The zero-order valence-corrected chi connectivity index (χ0v) is 19.1. The summed E-state index contributed by atoms with van der Waals surface area (Å²) >= 11 is 1.63. The molecule has 2 N–H and O–H groups in total. The van der Waals surface area contributed by atoms with E-state index in [9.17, 15) is 9.59 Å². The third-order valence-electron chi connectivity index (χ3n) is 6.39. The van der Waals surface area contributed by atoms with Crippen molar-refractivity contribution in [3.05, 3.63) is 24.3 Å². The van der Waals surface area contributed by atoms with Gasteiger partial charge in [-0.3, -0.25) is 4.79 Å². The molecule has 2 heterocycles. The van der Waals surface area contributed by atoms with Crippen LogP contribution in [-0.2, 0) is 4.79 Å².